The Morgan fingerprint density at radius 2 is 2.06 bits per heavy atom. The van der Waals surface area contributed by atoms with Gasteiger partial charge in [0.2, 0.25) is 0 Å². The van der Waals surface area contributed by atoms with Crippen LogP contribution in [0.25, 0.3) is 0 Å². The molecule has 0 N–H and O–H groups in total. The fourth-order valence-corrected chi connectivity index (χ4v) is 2.79. The van der Waals surface area contributed by atoms with Crippen LogP contribution in [0.5, 0.6) is 0 Å². The van der Waals surface area contributed by atoms with E-state index in [9.17, 15) is 4.79 Å². The molecule has 2 atom stereocenters. The van der Waals surface area contributed by atoms with Crippen molar-refractivity contribution in [3.05, 3.63) is 0 Å². The first-order valence-corrected chi connectivity index (χ1v) is 7.37. The Kier molecular flexibility index (Phi) is 5.64. The first-order valence-electron chi connectivity index (χ1n) is 7.37. The van der Waals surface area contributed by atoms with Crippen LogP contribution in [0.15, 0.2) is 0 Å². The van der Waals surface area contributed by atoms with E-state index in [1.54, 1.807) is 0 Å². The van der Waals surface area contributed by atoms with E-state index in [4.69, 9.17) is 4.74 Å². The molecule has 3 nitrogen and oxygen atoms in total. The molecule has 1 heterocycles. The summed E-state index contributed by atoms with van der Waals surface area (Å²) in [6.07, 6.45) is 5.54. The molecule has 1 rings (SSSR count). The predicted molar refractivity (Wildman–Crippen MR) is 74.6 cm³/mol. The molecule has 0 aromatic heterocycles. The van der Waals surface area contributed by atoms with Gasteiger partial charge in [0.05, 0.1) is 0 Å². The van der Waals surface area contributed by atoms with Gasteiger partial charge in [0.15, 0.2) is 0 Å². The molecule has 0 aromatic rings. The first kappa shape index (κ1) is 15.5. The van der Waals surface area contributed by atoms with E-state index in [0.717, 1.165) is 25.8 Å². The van der Waals surface area contributed by atoms with Crippen LogP contribution >= 0.6 is 0 Å². The average Bonchev–Trinajstić information content (AvgIpc) is 2.72. The Balaban J connectivity index is 2.66. The summed E-state index contributed by atoms with van der Waals surface area (Å²) in [4.78, 5) is 14.6. The largest absolute Gasteiger partial charge is 0.459 e. The summed E-state index contributed by atoms with van der Waals surface area (Å²) in [6, 6.07) is 0.524. The van der Waals surface area contributed by atoms with Gasteiger partial charge in [-0.25, -0.2) is 0 Å². The highest BCUT2D eigenvalue weighted by Crippen LogP contribution is 2.26. The van der Waals surface area contributed by atoms with Gasteiger partial charge < -0.3 is 4.74 Å². The molecule has 0 aliphatic carbocycles. The van der Waals surface area contributed by atoms with E-state index >= 15 is 0 Å². The summed E-state index contributed by atoms with van der Waals surface area (Å²) < 4.78 is 5.54. The van der Waals surface area contributed by atoms with Crippen molar-refractivity contribution in [3.63, 3.8) is 0 Å². The number of nitrogens with zero attached hydrogens (tertiary/aromatic N) is 1. The Bertz CT molecular complexity index is 270. The lowest BCUT2D eigenvalue weighted by atomic mass is 10.1. The van der Waals surface area contributed by atoms with Crippen molar-refractivity contribution in [2.75, 3.05) is 6.54 Å². The number of carbonyl (C=O) groups excluding carboxylic acids is 1. The standard InChI is InChI=1S/C15H29NO2/c1-6-9-12(7-2)16-11-8-10-13(16)14(17)18-15(3,4)5/h12-13H,6-11H2,1-5H3/t12?,13-/m0/s1. The van der Waals surface area contributed by atoms with E-state index in [1.165, 1.54) is 12.8 Å². The molecule has 18 heavy (non-hydrogen) atoms. The fraction of sp³-hybridized carbons (Fsp3) is 0.933. The van der Waals surface area contributed by atoms with Gasteiger partial charge in [-0.15, -0.1) is 0 Å². The third-order valence-corrected chi connectivity index (χ3v) is 3.54. The van der Waals surface area contributed by atoms with E-state index in [1.807, 2.05) is 20.8 Å². The molecule has 1 saturated heterocycles. The first-order chi connectivity index (χ1) is 8.39. The van der Waals surface area contributed by atoms with E-state index in [-0.39, 0.29) is 17.6 Å². The molecule has 1 aliphatic rings. The maximum Gasteiger partial charge on any atom is 0.323 e. The lowest BCUT2D eigenvalue weighted by Crippen LogP contribution is -2.45. The zero-order chi connectivity index (χ0) is 13.8. The normalized spacial score (nSPS) is 23.1. The summed E-state index contributed by atoms with van der Waals surface area (Å²) in [7, 11) is 0. The molecule has 0 amide bonds. The Morgan fingerprint density at radius 1 is 1.39 bits per heavy atom. The SMILES string of the molecule is CCCC(CC)N1CCC[C@H]1C(=O)OC(C)(C)C. The van der Waals surface area contributed by atoms with Crippen LogP contribution in [0.1, 0.15) is 66.7 Å². The number of ether oxygens (including phenoxy) is 1. The van der Waals surface area contributed by atoms with Crippen LogP contribution in [-0.4, -0.2) is 35.1 Å². The van der Waals surface area contributed by atoms with Crippen molar-refractivity contribution in [2.24, 2.45) is 0 Å². The minimum absolute atomic E-state index is 0.0132. The van der Waals surface area contributed by atoms with Gasteiger partial charge in [0.25, 0.3) is 0 Å². The maximum absolute atomic E-state index is 12.2. The minimum Gasteiger partial charge on any atom is -0.459 e. The van der Waals surface area contributed by atoms with Gasteiger partial charge >= 0.3 is 5.97 Å². The second-order valence-electron chi connectivity index (χ2n) is 6.28. The molecule has 1 fully saturated rings. The molecule has 1 unspecified atom stereocenters. The third kappa shape index (κ3) is 4.27. The molecule has 106 valence electrons. The van der Waals surface area contributed by atoms with Gasteiger partial charge in [0.1, 0.15) is 11.6 Å². The molecule has 0 radical (unpaired) electrons. The summed E-state index contributed by atoms with van der Waals surface area (Å²) in [6.45, 7) is 11.3. The second kappa shape index (κ2) is 6.55. The van der Waals surface area contributed by atoms with E-state index < -0.39 is 0 Å². The fourth-order valence-electron chi connectivity index (χ4n) is 2.79. The van der Waals surface area contributed by atoms with Gasteiger partial charge in [-0.1, -0.05) is 20.3 Å². The van der Waals surface area contributed by atoms with Crippen LogP contribution in [0, 0.1) is 0 Å². The van der Waals surface area contributed by atoms with Gasteiger partial charge in [0, 0.05) is 6.04 Å². The quantitative estimate of drug-likeness (QED) is 0.705. The molecular formula is C15H29NO2. The van der Waals surface area contributed by atoms with Crippen molar-refractivity contribution < 1.29 is 9.53 Å². The van der Waals surface area contributed by atoms with Crippen molar-refractivity contribution >= 4 is 5.97 Å². The second-order valence-corrected chi connectivity index (χ2v) is 6.28. The van der Waals surface area contributed by atoms with Crippen LogP contribution < -0.4 is 0 Å². The van der Waals surface area contributed by atoms with Crippen molar-refractivity contribution in [3.8, 4) is 0 Å². The number of esters is 1. The molecule has 0 spiro atoms. The maximum atomic E-state index is 12.2. The van der Waals surface area contributed by atoms with Crippen LogP contribution in [-0.2, 0) is 9.53 Å². The Hall–Kier alpha value is -0.570. The number of hydrogen-bond acceptors (Lipinski definition) is 3. The van der Waals surface area contributed by atoms with E-state index in [0.29, 0.717) is 6.04 Å². The predicted octanol–water partition coefficient (Wildman–Crippen LogP) is 3.37. The lowest BCUT2D eigenvalue weighted by molar-refractivity contribution is -0.161. The molecule has 1 aliphatic heterocycles. The molecule has 0 saturated carbocycles. The number of hydrogen-bond donors (Lipinski definition) is 0. The van der Waals surface area contributed by atoms with Gasteiger partial charge in [-0.05, 0) is 53.0 Å². The minimum atomic E-state index is -0.377. The van der Waals surface area contributed by atoms with Crippen molar-refractivity contribution in [2.45, 2.75) is 84.4 Å². The molecule has 3 heteroatoms. The summed E-state index contributed by atoms with van der Waals surface area (Å²) in [5, 5.41) is 0. The molecule has 0 bridgehead atoms. The van der Waals surface area contributed by atoms with E-state index in [2.05, 4.69) is 18.7 Å². The number of carbonyl (C=O) groups is 1. The molecular weight excluding hydrogens is 226 g/mol. The topological polar surface area (TPSA) is 29.5 Å². The zero-order valence-corrected chi connectivity index (χ0v) is 12.7. The van der Waals surface area contributed by atoms with Crippen molar-refractivity contribution in [1.29, 1.82) is 0 Å². The smallest absolute Gasteiger partial charge is 0.323 e. The number of rotatable bonds is 5. The summed E-state index contributed by atoms with van der Waals surface area (Å²) in [5.41, 5.74) is -0.377. The highest BCUT2D eigenvalue weighted by molar-refractivity contribution is 5.76. The van der Waals surface area contributed by atoms with Gasteiger partial charge in [-0.3, -0.25) is 9.69 Å². The zero-order valence-electron chi connectivity index (χ0n) is 12.7. The van der Waals surface area contributed by atoms with Crippen LogP contribution in [0.4, 0.5) is 0 Å². The highest BCUT2D eigenvalue weighted by atomic mass is 16.6. The molecule has 0 aromatic carbocycles. The summed E-state index contributed by atoms with van der Waals surface area (Å²) >= 11 is 0. The summed E-state index contributed by atoms with van der Waals surface area (Å²) in [5.74, 6) is -0.0328. The number of likely N-dealkylation sites (tertiary alicyclic amines) is 1. The lowest BCUT2D eigenvalue weighted by Gasteiger charge is -2.32. The van der Waals surface area contributed by atoms with Crippen LogP contribution in [0.2, 0.25) is 0 Å². The average molecular weight is 255 g/mol. The van der Waals surface area contributed by atoms with Crippen LogP contribution in [0.3, 0.4) is 0 Å². The van der Waals surface area contributed by atoms with Gasteiger partial charge in [-0.2, -0.15) is 0 Å². The third-order valence-electron chi connectivity index (χ3n) is 3.54. The Morgan fingerprint density at radius 3 is 2.56 bits per heavy atom. The Labute approximate surface area is 112 Å². The van der Waals surface area contributed by atoms with Crippen molar-refractivity contribution in [1.82, 2.24) is 4.90 Å². The monoisotopic (exact) mass is 255 g/mol. The highest BCUT2D eigenvalue weighted by Gasteiger charge is 2.36.